The predicted molar refractivity (Wildman–Crippen MR) is 51.2 cm³/mol. The zero-order valence-electron chi connectivity index (χ0n) is 7.68. The Hall–Kier alpha value is -0.340. The molecule has 0 aromatic carbocycles. The summed E-state index contributed by atoms with van der Waals surface area (Å²) in [5, 5.41) is 3.38. The third-order valence-corrected chi connectivity index (χ3v) is 2.77. The van der Waals surface area contributed by atoms with Gasteiger partial charge in [-0.05, 0) is 19.3 Å². The number of nitrogens with zero attached hydrogens (tertiary/aromatic N) is 1. The van der Waals surface area contributed by atoms with Crippen molar-refractivity contribution in [2.24, 2.45) is 0 Å². The van der Waals surface area contributed by atoms with Gasteiger partial charge in [-0.25, -0.2) is 0 Å². The van der Waals surface area contributed by atoms with Gasteiger partial charge in [0.05, 0.1) is 0 Å². The van der Waals surface area contributed by atoms with E-state index in [0.717, 1.165) is 0 Å². The van der Waals surface area contributed by atoms with E-state index in [4.69, 9.17) is 0 Å². The maximum absolute atomic E-state index is 3.38. The van der Waals surface area contributed by atoms with Gasteiger partial charge in [-0.2, -0.15) is 0 Å². The van der Waals surface area contributed by atoms with Gasteiger partial charge in [0.2, 0.25) is 0 Å². The van der Waals surface area contributed by atoms with E-state index in [0.29, 0.717) is 0 Å². The summed E-state index contributed by atoms with van der Waals surface area (Å²) in [6, 6.07) is 0. The Morgan fingerprint density at radius 3 is 2.83 bits per heavy atom. The highest BCUT2D eigenvalue weighted by Crippen LogP contribution is 2.18. The van der Waals surface area contributed by atoms with Crippen molar-refractivity contribution in [3.8, 4) is 0 Å². The Balaban J connectivity index is 1.77. The Labute approximate surface area is 74.6 Å². The van der Waals surface area contributed by atoms with Crippen molar-refractivity contribution >= 4 is 0 Å². The lowest BCUT2D eigenvalue weighted by Crippen LogP contribution is -2.44. The summed E-state index contributed by atoms with van der Waals surface area (Å²) in [4.78, 5) is 2.56. The zero-order chi connectivity index (χ0) is 8.23. The predicted octanol–water partition coefficient (Wildman–Crippen LogP) is 1.00. The average molecular weight is 166 g/mol. The topological polar surface area (TPSA) is 15.3 Å². The molecular weight excluding hydrogens is 148 g/mol. The molecule has 0 spiro atoms. The minimum absolute atomic E-state index is 1.17. The van der Waals surface area contributed by atoms with E-state index in [1.54, 1.807) is 5.57 Å². The highest BCUT2D eigenvalue weighted by atomic mass is 15.2. The van der Waals surface area contributed by atoms with Crippen LogP contribution < -0.4 is 5.32 Å². The Kier molecular flexibility index (Phi) is 2.79. The van der Waals surface area contributed by atoms with Crippen LogP contribution in [0.5, 0.6) is 0 Å². The molecule has 0 aromatic heterocycles. The van der Waals surface area contributed by atoms with E-state index in [-0.39, 0.29) is 0 Å². The van der Waals surface area contributed by atoms with Crippen LogP contribution in [0, 0.1) is 0 Å². The fourth-order valence-electron chi connectivity index (χ4n) is 2.04. The Morgan fingerprint density at radius 2 is 2.17 bits per heavy atom. The van der Waals surface area contributed by atoms with Crippen LogP contribution in [-0.4, -0.2) is 37.6 Å². The number of rotatable bonds is 2. The second kappa shape index (κ2) is 4.06. The fraction of sp³-hybridized carbons (Fsp3) is 0.800. The fourth-order valence-corrected chi connectivity index (χ4v) is 2.04. The van der Waals surface area contributed by atoms with Crippen LogP contribution in [0.4, 0.5) is 0 Å². The Morgan fingerprint density at radius 1 is 1.33 bits per heavy atom. The molecule has 0 bridgehead atoms. The van der Waals surface area contributed by atoms with Crippen molar-refractivity contribution in [2.45, 2.75) is 19.3 Å². The summed E-state index contributed by atoms with van der Waals surface area (Å²) in [6.07, 6.45) is 6.49. The van der Waals surface area contributed by atoms with Gasteiger partial charge < -0.3 is 5.32 Å². The molecule has 1 aliphatic carbocycles. The second-order valence-corrected chi connectivity index (χ2v) is 3.78. The van der Waals surface area contributed by atoms with Crippen molar-refractivity contribution in [3.63, 3.8) is 0 Å². The number of allylic oxidation sites excluding steroid dienone is 1. The first kappa shape index (κ1) is 8.27. The van der Waals surface area contributed by atoms with Crippen LogP contribution in [0.25, 0.3) is 0 Å². The van der Waals surface area contributed by atoms with E-state index >= 15 is 0 Å². The molecule has 1 N–H and O–H groups in total. The van der Waals surface area contributed by atoms with Gasteiger partial charge in [-0.15, -0.1) is 0 Å². The number of hydrogen-bond donors (Lipinski definition) is 1. The number of piperazine rings is 1. The molecule has 1 fully saturated rings. The first-order valence-corrected chi connectivity index (χ1v) is 5.06. The van der Waals surface area contributed by atoms with Gasteiger partial charge in [0.1, 0.15) is 0 Å². The van der Waals surface area contributed by atoms with Crippen molar-refractivity contribution in [1.82, 2.24) is 10.2 Å². The molecule has 12 heavy (non-hydrogen) atoms. The van der Waals surface area contributed by atoms with Gasteiger partial charge in [-0.1, -0.05) is 11.6 Å². The number of nitrogens with one attached hydrogen (secondary N) is 1. The molecule has 2 heteroatoms. The maximum atomic E-state index is 3.38. The van der Waals surface area contributed by atoms with Crippen LogP contribution >= 0.6 is 0 Å². The standard InChI is InChI=1S/C10H18N2/c1-2-4-10(3-1)9-12-7-5-11-6-8-12/h3,11H,1-2,4-9H2. The molecule has 0 amide bonds. The zero-order valence-corrected chi connectivity index (χ0v) is 7.68. The van der Waals surface area contributed by atoms with E-state index in [2.05, 4.69) is 16.3 Å². The third-order valence-electron chi connectivity index (χ3n) is 2.77. The van der Waals surface area contributed by atoms with Crippen LogP contribution in [0.15, 0.2) is 11.6 Å². The van der Waals surface area contributed by atoms with E-state index in [1.807, 2.05) is 0 Å². The highest BCUT2D eigenvalue weighted by molar-refractivity contribution is 5.09. The summed E-state index contributed by atoms with van der Waals surface area (Å²) in [5.41, 5.74) is 1.68. The van der Waals surface area contributed by atoms with Crippen LogP contribution in [0.3, 0.4) is 0 Å². The highest BCUT2D eigenvalue weighted by Gasteiger charge is 2.12. The number of hydrogen-bond acceptors (Lipinski definition) is 2. The molecule has 0 aromatic rings. The molecule has 0 saturated carbocycles. The molecule has 2 nitrogen and oxygen atoms in total. The first-order chi connectivity index (χ1) is 5.95. The third kappa shape index (κ3) is 2.08. The SMILES string of the molecule is C1=C(CN2CCNCC2)CCC1. The lowest BCUT2D eigenvalue weighted by molar-refractivity contribution is 0.258. The van der Waals surface area contributed by atoms with Crippen molar-refractivity contribution < 1.29 is 0 Å². The molecule has 0 radical (unpaired) electrons. The molecule has 2 rings (SSSR count). The monoisotopic (exact) mass is 166 g/mol. The maximum Gasteiger partial charge on any atom is 0.0193 e. The lowest BCUT2D eigenvalue weighted by atomic mass is 10.2. The summed E-state index contributed by atoms with van der Waals surface area (Å²) in [7, 11) is 0. The van der Waals surface area contributed by atoms with Crippen molar-refractivity contribution in [1.29, 1.82) is 0 Å². The van der Waals surface area contributed by atoms with Gasteiger partial charge >= 0.3 is 0 Å². The molecule has 1 saturated heterocycles. The molecule has 0 atom stereocenters. The van der Waals surface area contributed by atoms with Crippen LogP contribution in [-0.2, 0) is 0 Å². The van der Waals surface area contributed by atoms with Gasteiger partial charge in [0, 0.05) is 32.7 Å². The Bertz CT molecular complexity index is 169. The minimum Gasteiger partial charge on any atom is -0.314 e. The quantitative estimate of drug-likeness (QED) is 0.616. The first-order valence-electron chi connectivity index (χ1n) is 5.06. The van der Waals surface area contributed by atoms with Gasteiger partial charge in [-0.3, -0.25) is 4.90 Å². The average Bonchev–Trinajstić information content (AvgIpc) is 2.59. The lowest BCUT2D eigenvalue weighted by Gasteiger charge is -2.27. The van der Waals surface area contributed by atoms with Crippen LogP contribution in [0.1, 0.15) is 19.3 Å². The largest absolute Gasteiger partial charge is 0.314 e. The smallest absolute Gasteiger partial charge is 0.0193 e. The van der Waals surface area contributed by atoms with Crippen molar-refractivity contribution in [3.05, 3.63) is 11.6 Å². The molecule has 1 heterocycles. The normalized spacial score (nSPS) is 25.8. The molecular formula is C10H18N2. The van der Waals surface area contributed by atoms with Crippen molar-refractivity contribution in [2.75, 3.05) is 32.7 Å². The van der Waals surface area contributed by atoms with E-state index < -0.39 is 0 Å². The summed E-state index contributed by atoms with van der Waals surface area (Å²) >= 11 is 0. The molecule has 0 unspecified atom stereocenters. The second-order valence-electron chi connectivity index (χ2n) is 3.78. The summed E-state index contributed by atoms with van der Waals surface area (Å²) < 4.78 is 0. The van der Waals surface area contributed by atoms with Gasteiger partial charge in [0.25, 0.3) is 0 Å². The summed E-state index contributed by atoms with van der Waals surface area (Å²) in [6.45, 7) is 6.05. The van der Waals surface area contributed by atoms with Crippen LogP contribution in [0.2, 0.25) is 0 Å². The molecule has 2 aliphatic rings. The molecule has 1 aliphatic heterocycles. The minimum atomic E-state index is 1.17. The van der Waals surface area contributed by atoms with E-state index in [9.17, 15) is 0 Å². The van der Waals surface area contributed by atoms with Gasteiger partial charge in [0.15, 0.2) is 0 Å². The van der Waals surface area contributed by atoms with E-state index in [1.165, 1.54) is 52.0 Å². The summed E-state index contributed by atoms with van der Waals surface area (Å²) in [5.74, 6) is 0. The molecule has 68 valence electrons.